The molecule has 0 heterocycles. The maximum absolute atomic E-state index is 12.5. The Balaban J connectivity index is 2.74. The summed E-state index contributed by atoms with van der Waals surface area (Å²) < 4.78 is 10.7. The van der Waals surface area contributed by atoms with Gasteiger partial charge in [0.25, 0.3) is 0 Å². The van der Waals surface area contributed by atoms with Crippen LogP contribution < -0.4 is 9.47 Å². The number of hydrogen-bond donors (Lipinski definition) is 0. The molecule has 0 atom stereocenters. The van der Waals surface area contributed by atoms with Crippen molar-refractivity contribution in [1.82, 2.24) is 0 Å². The lowest BCUT2D eigenvalue weighted by Gasteiger charge is -2.33. The largest absolute Gasteiger partial charge is 0.497 e. The van der Waals surface area contributed by atoms with Crippen molar-refractivity contribution >= 4 is 11.4 Å². The molecule has 112 valence electrons. The van der Waals surface area contributed by atoms with Crippen molar-refractivity contribution in [2.45, 2.75) is 26.7 Å². The molecule has 0 bridgehead atoms. The summed E-state index contributed by atoms with van der Waals surface area (Å²) in [5.74, 6) is 1.52. The number of carbonyl (C=O) groups excluding carboxylic acids is 1. The van der Waals surface area contributed by atoms with Gasteiger partial charge in [-0.05, 0) is 35.6 Å². The Morgan fingerprint density at radius 3 is 2.52 bits per heavy atom. The molecule has 1 aliphatic rings. The van der Waals surface area contributed by atoms with E-state index in [-0.39, 0.29) is 11.2 Å². The third-order valence-corrected chi connectivity index (χ3v) is 4.13. The van der Waals surface area contributed by atoms with Crippen LogP contribution in [0.25, 0.3) is 5.57 Å². The van der Waals surface area contributed by atoms with Crippen molar-refractivity contribution in [1.29, 1.82) is 0 Å². The van der Waals surface area contributed by atoms with E-state index in [1.54, 1.807) is 20.3 Å². The van der Waals surface area contributed by atoms with Crippen LogP contribution in [0.15, 0.2) is 36.4 Å². The molecule has 0 aromatic heterocycles. The number of rotatable bonds is 4. The molecule has 0 unspecified atom stereocenters. The molecule has 0 radical (unpaired) electrons. The number of allylic oxidation sites excluding steroid dienone is 3. The number of carbonyl (C=O) groups is 1. The first-order valence-electron chi connectivity index (χ1n) is 7.07. The highest BCUT2D eigenvalue weighted by atomic mass is 16.5. The van der Waals surface area contributed by atoms with Crippen molar-refractivity contribution in [3.05, 3.63) is 42.0 Å². The van der Waals surface area contributed by atoms with Crippen LogP contribution in [0.3, 0.4) is 0 Å². The predicted octanol–water partition coefficient (Wildman–Crippen LogP) is 4.03. The molecule has 1 aromatic carbocycles. The van der Waals surface area contributed by atoms with Gasteiger partial charge >= 0.3 is 0 Å². The first kappa shape index (κ1) is 15.4. The highest BCUT2D eigenvalue weighted by molar-refractivity contribution is 6.23. The lowest BCUT2D eigenvalue weighted by atomic mass is 9.70. The van der Waals surface area contributed by atoms with Gasteiger partial charge < -0.3 is 9.47 Å². The Morgan fingerprint density at radius 2 is 1.95 bits per heavy atom. The third-order valence-electron chi connectivity index (χ3n) is 4.13. The lowest BCUT2D eigenvalue weighted by molar-refractivity contribution is -0.114. The summed E-state index contributed by atoms with van der Waals surface area (Å²) >= 11 is 0. The maximum atomic E-state index is 12.5. The first-order valence-corrected chi connectivity index (χ1v) is 7.07. The minimum atomic E-state index is -0.0704. The van der Waals surface area contributed by atoms with Crippen LogP contribution in [0.4, 0.5) is 0 Å². The first-order chi connectivity index (χ1) is 9.94. The molecular weight excluding hydrogens is 264 g/mol. The third kappa shape index (κ3) is 2.73. The number of benzene rings is 1. The van der Waals surface area contributed by atoms with E-state index >= 15 is 0 Å². The van der Waals surface area contributed by atoms with Gasteiger partial charge in [0.2, 0.25) is 0 Å². The zero-order chi connectivity index (χ0) is 15.6. The molecule has 0 N–H and O–H groups in total. The number of ether oxygens (including phenoxy) is 2. The minimum absolute atomic E-state index is 0.0704. The smallest absolute Gasteiger partial charge is 0.163 e. The summed E-state index contributed by atoms with van der Waals surface area (Å²) in [6.45, 7) is 8.19. The average molecular weight is 286 g/mol. The highest BCUT2D eigenvalue weighted by Gasteiger charge is 2.34. The van der Waals surface area contributed by atoms with Gasteiger partial charge in [-0.3, -0.25) is 4.79 Å². The molecule has 0 fully saturated rings. The van der Waals surface area contributed by atoms with Crippen molar-refractivity contribution in [3.63, 3.8) is 0 Å². The average Bonchev–Trinajstić information content (AvgIpc) is 2.48. The highest BCUT2D eigenvalue weighted by Crippen LogP contribution is 2.45. The standard InChI is InChI=1S/C18H22O3/c1-6-14-17(15(19)9-10-18(14,2)3)13-11-12(20-4)7-8-16(13)21-5/h6-8,11H,1,9-10H2,2-5H3. The van der Waals surface area contributed by atoms with E-state index in [1.165, 1.54) is 0 Å². The van der Waals surface area contributed by atoms with Crippen LogP contribution in [0, 0.1) is 5.41 Å². The van der Waals surface area contributed by atoms with Crippen molar-refractivity contribution in [2.75, 3.05) is 14.2 Å². The van der Waals surface area contributed by atoms with Crippen molar-refractivity contribution in [2.24, 2.45) is 5.41 Å². The van der Waals surface area contributed by atoms with Crippen LogP contribution in [0.1, 0.15) is 32.3 Å². The van der Waals surface area contributed by atoms with E-state index < -0.39 is 0 Å². The van der Waals surface area contributed by atoms with Gasteiger partial charge in [-0.2, -0.15) is 0 Å². The molecule has 1 aromatic rings. The van der Waals surface area contributed by atoms with E-state index in [0.717, 1.165) is 17.6 Å². The Bertz CT molecular complexity index is 609. The molecule has 0 spiro atoms. The molecule has 2 rings (SSSR count). The summed E-state index contributed by atoms with van der Waals surface area (Å²) in [7, 11) is 3.22. The molecule has 3 heteroatoms. The van der Waals surface area contributed by atoms with Crippen LogP contribution in [-0.2, 0) is 4.79 Å². The Morgan fingerprint density at radius 1 is 1.24 bits per heavy atom. The molecule has 3 nitrogen and oxygen atoms in total. The van der Waals surface area contributed by atoms with Crippen molar-refractivity contribution in [3.8, 4) is 11.5 Å². The van der Waals surface area contributed by atoms with E-state index in [9.17, 15) is 4.79 Å². The molecular formula is C18H22O3. The van der Waals surface area contributed by atoms with E-state index in [1.807, 2.05) is 18.2 Å². The molecule has 1 aliphatic carbocycles. The number of Topliss-reactive ketones (excluding diaryl/α,β-unsaturated/α-hetero) is 1. The molecule has 0 saturated heterocycles. The summed E-state index contributed by atoms with van der Waals surface area (Å²) in [6.07, 6.45) is 3.17. The summed E-state index contributed by atoms with van der Waals surface area (Å²) in [6, 6.07) is 5.52. The Kier molecular flexibility index (Phi) is 4.21. The SMILES string of the molecule is C=CC1=C(c2cc(OC)ccc2OC)C(=O)CCC1(C)C. The zero-order valence-electron chi connectivity index (χ0n) is 13.2. The molecule has 21 heavy (non-hydrogen) atoms. The normalized spacial score (nSPS) is 17.6. The fourth-order valence-corrected chi connectivity index (χ4v) is 2.86. The monoisotopic (exact) mass is 286 g/mol. The van der Waals surface area contributed by atoms with Crippen molar-refractivity contribution < 1.29 is 14.3 Å². The van der Waals surface area contributed by atoms with Crippen LogP contribution in [0.2, 0.25) is 0 Å². The Hall–Kier alpha value is -2.03. The maximum Gasteiger partial charge on any atom is 0.163 e. The summed E-state index contributed by atoms with van der Waals surface area (Å²) in [5, 5.41) is 0. The topological polar surface area (TPSA) is 35.5 Å². The zero-order valence-corrected chi connectivity index (χ0v) is 13.2. The lowest BCUT2D eigenvalue weighted by Crippen LogP contribution is -2.24. The fourth-order valence-electron chi connectivity index (χ4n) is 2.86. The van der Waals surface area contributed by atoms with Gasteiger partial charge in [0.05, 0.1) is 14.2 Å². The summed E-state index contributed by atoms with van der Waals surface area (Å²) in [4.78, 5) is 12.5. The van der Waals surface area contributed by atoms with Gasteiger partial charge in [0.15, 0.2) is 5.78 Å². The van der Waals surface area contributed by atoms with E-state index in [0.29, 0.717) is 23.5 Å². The van der Waals surface area contributed by atoms with E-state index in [4.69, 9.17) is 9.47 Å². The van der Waals surface area contributed by atoms with Gasteiger partial charge in [0.1, 0.15) is 11.5 Å². The Labute approximate surface area is 126 Å². The molecule has 0 aliphatic heterocycles. The van der Waals surface area contributed by atoms with Crippen LogP contribution in [0.5, 0.6) is 11.5 Å². The number of ketones is 1. The summed E-state index contributed by atoms with van der Waals surface area (Å²) in [5.41, 5.74) is 2.39. The molecule has 0 amide bonds. The number of hydrogen-bond acceptors (Lipinski definition) is 3. The minimum Gasteiger partial charge on any atom is -0.497 e. The fraction of sp³-hybridized carbons (Fsp3) is 0.389. The quantitative estimate of drug-likeness (QED) is 0.838. The van der Waals surface area contributed by atoms with Crippen LogP contribution in [-0.4, -0.2) is 20.0 Å². The van der Waals surface area contributed by atoms with Gasteiger partial charge in [-0.15, -0.1) is 0 Å². The molecule has 0 saturated carbocycles. The van der Waals surface area contributed by atoms with Gasteiger partial charge in [-0.25, -0.2) is 0 Å². The van der Waals surface area contributed by atoms with Crippen LogP contribution >= 0.6 is 0 Å². The second-order valence-corrected chi connectivity index (χ2v) is 5.87. The number of methoxy groups -OCH3 is 2. The second kappa shape index (κ2) is 5.76. The van der Waals surface area contributed by atoms with Gasteiger partial charge in [0, 0.05) is 17.6 Å². The van der Waals surface area contributed by atoms with E-state index in [2.05, 4.69) is 20.4 Å². The predicted molar refractivity (Wildman–Crippen MR) is 84.7 cm³/mol. The second-order valence-electron chi connectivity index (χ2n) is 5.87. The van der Waals surface area contributed by atoms with Gasteiger partial charge in [-0.1, -0.05) is 26.5 Å².